The molecule has 0 saturated carbocycles. The second kappa shape index (κ2) is 5.77. The van der Waals surface area contributed by atoms with E-state index in [9.17, 15) is 0 Å². The SMILES string of the molecule is CC#N.N=C1C=CC=CC1. The third kappa shape index (κ3) is 4.79. The first-order valence-electron chi connectivity index (χ1n) is 3.02. The highest BCUT2D eigenvalue weighted by atomic mass is 14.4. The average Bonchev–Trinajstić information content (AvgIpc) is 1.91. The number of nitrogens with zero attached hydrogens (tertiary/aromatic N) is 1. The minimum Gasteiger partial charge on any atom is -0.305 e. The van der Waals surface area contributed by atoms with Gasteiger partial charge in [-0.2, -0.15) is 5.26 Å². The minimum atomic E-state index is 0.697. The van der Waals surface area contributed by atoms with Crippen molar-refractivity contribution in [1.29, 1.82) is 10.7 Å². The number of allylic oxidation sites excluding steroid dienone is 4. The molecule has 0 amide bonds. The van der Waals surface area contributed by atoms with Crippen LogP contribution in [0.15, 0.2) is 24.3 Å². The summed E-state index contributed by atoms with van der Waals surface area (Å²) < 4.78 is 0. The zero-order chi connectivity index (χ0) is 7.82. The molecule has 2 nitrogen and oxygen atoms in total. The standard InChI is InChI=1S/C6H7N.C2H3N/c7-6-4-2-1-3-5-6;1-2-3/h1-4,7H,5H2;1H3. The molecule has 0 bridgehead atoms. The molecule has 0 atom stereocenters. The van der Waals surface area contributed by atoms with Crippen LogP contribution in [0.25, 0.3) is 0 Å². The van der Waals surface area contributed by atoms with E-state index in [1.165, 1.54) is 6.92 Å². The van der Waals surface area contributed by atoms with Gasteiger partial charge in [-0.15, -0.1) is 0 Å². The van der Waals surface area contributed by atoms with Gasteiger partial charge in [-0.1, -0.05) is 18.2 Å². The molecular weight excluding hydrogens is 124 g/mol. The van der Waals surface area contributed by atoms with Gasteiger partial charge < -0.3 is 5.41 Å². The van der Waals surface area contributed by atoms with Crippen LogP contribution in [0, 0.1) is 16.7 Å². The van der Waals surface area contributed by atoms with Gasteiger partial charge in [-0.05, 0) is 6.08 Å². The van der Waals surface area contributed by atoms with E-state index in [1.54, 1.807) is 12.1 Å². The van der Waals surface area contributed by atoms with Crippen molar-refractivity contribution in [2.75, 3.05) is 0 Å². The van der Waals surface area contributed by atoms with Crippen molar-refractivity contribution in [3.05, 3.63) is 24.3 Å². The van der Waals surface area contributed by atoms with E-state index in [0.29, 0.717) is 5.71 Å². The fourth-order valence-electron chi connectivity index (χ4n) is 0.513. The van der Waals surface area contributed by atoms with Gasteiger partial charge in [0.2, 0.25) is 0 Å². The van der Waals surface area contributed by atoms with Crippen molar-refractivity contribution in [3.63, 3.8) is 0 Å². The summed E-state index contributed by atoms with van der Waals surface area (Å²) in [7, 11) is 0. The molecule has 10 heavy (non-hydrogen) atoms. The van der Waals surface area contributed by atoms with Gasteiger partial charge in [0.15, 0.2) is 0 Å². The van der Waals surface area contributed by atoms with Gasteiger partial charge in [0, 0.05) is 19.1 Å². The maximum Gasteiger partial charge on any atom is 0.0587 e. The summed E-state index contributed by atoms with van der Waals surface area (Å²) in [5.41, 5.74) is 0.697. The van der Waals surface area contributed by atoms with E-state index in [0.717, 1.165) is 6.42 Å². The average molecular weight is 134 g/mol. The van der Waals surface area contributed by atoms with Gasteiger partial charge in [0.1, 0.15) is 0 Å². The molecule has 1 rings (SSSR count). The first-order valence-corrected chi connectivity index (χ1v) is 3.02. The smallest absolute Gasteiger partial charge is 0.0587 e. The topological polar surface area (TPSA) is 47.6 Å². The van der Waals surface area contributed by atoms with E-state index in [4.69, 9.17) is 10.7 Å². The molecule has 1 N–H and O–H groups in total. The Kier molecular flexibility index (Phi) is 4.99. The molecule has 2 heteroatoms. The normalized spacial score (nSPS) is 13.4. The Morgan fingerprint density at radius 2 is 2.20 bits per heavy atom. The van der Waals surface area contributed by atoms with Crippen LogP contribution in [0.2, 0.25) is 0 Å². The van der Waals surface area contributed by atoms with E-state index in [2.05, 4.69) is 0 Å². The Bertz CT molecular complexity index is 194. The van der Waals surface area contributed by atoms with E-state index in [-0.39, 0.29) is 0 Å². The third-order valence-corrected chi connectivity index (χ3v) is 0.882. The Labute approximate surface area is 61.0 Å². The van der Waals surface area contributed by atoms with E-state index in [1.807, 2.05) is 18.2 Å². The lowest BCUT2D eigenvalue weighted by atomic mass is 10.2. The molecule has 0 heterocycles. The Hall–Kier alpha value is -1.36. The minimum absolute atomic E-state index is 0.697. The summed E-state index contributed by atoms with van der Waals surface area (Å²) in [6, 6.07) is 1.75. The molecule has 0 radical (unpaired) electrons. The number of hydrogen-bond donors (Lipinski definition) is 1. The molecule has 1 aliphatic carbocycles. The van der Waals surface area contributed by atoms with Crippen LogP contribution >= 0.6 is 0 Å². The van der Waals surface area contributed by atoms with Gasteiger partial charge in [-0.3, -0.25) is 0 Å². The van der Waals surface area contributed by atoms with E-state index < -0.39 is 0 Å². The molecule has 0 unspecified atom stereocenters. The van der Waals surface area contributed by atoms with Crippen LogP contribution in [0.5, 0.6) is 0 Å². The quantitative estimate of drug-likeness (QED) is 0.541. The molecular formula is C8H10N2. The lowest BCUT2D eigenvalue weighted by Gasteiger charge is -1.92. The van der Waals surface area contributed by atoms with Crippen molar-refractivity contribution >= 4 is 5.71 Å². The summed E-state index contributed by atoms with van der Waals surface area (Å²) in [5, 5.41) is 14.4. The second-order valence-corrected chi connectivity index (χ2v) is 1.74. The molecule has 0 aromatic heterocycles. The van der Waals surface area contributed by atoms with Crippen LogP contribution in [-0.4, -0.2) is 5.71 Å². The highest BCUT2D eigenvalue weighted by Crippen LogP contribution is 1.94. The molecule has 0 spiro atoms. The van der Waals surface area contributed by atoms with E-state index >= 15 is 0 Å². The summed E-state index contributed by atoms with van der Waals surface area (Å²) >= 11 is 0. The predicted octanol–water partition coefficient (Wildman–Crippen LogP) is 2.05. The number of nitrogens with one attached hydrogen (secondary N) is 1. The molecule has 1 aliphatic rings. The van der Waals surface area contributed by atoms with Crippen molar-refractivity contribution in [3.8, 4) is 6.07 Å². The van der Waals surface area contributed by atoms with Gasteiger partial charge in [0.25, 0.3) is 0 Å². The lowest BCUT2D eigenvalue weighted by Crippen LogP contribution is -1.89. The number of nitriles is 1. The van der Waals surface area contributed by atoms with Gasteiger partial charge >= 0.3 is 0 Å². The Morgan fingerprint density at radius 1 is 1.60 bits per heavy atom. The third-order valence-electron chi connectivity index (χ3n) is 0.882. The van der Waals surface area contributed by atoms with Crippen molar-refractivity contribution < 1.29 is 0 Å². The molecule has 0 fully saturated rings. The van der Waals surface area contributed by atoms with Gasteiger partial charge in [-0.25, -0.2) is 0 Å². The highest BCUT2D eigenvalue weighted by Gasteiger charge is 1.87. The highest BCUT2D eigenvalue weighted by molar-refractivity contribution is 5.94. The first-order chi connectivity index (χ1) is 4.81. The molecule has 0 aromatic carbocycles. The van der Waals surface area contributed by atoms with Crippen LogP contribution in [0.3, 0.4) is 0 Å². The van der Waals surface area contributed by atoms with Crippen molar-refractivity contribution in [1.82, 2.24) is 0 Å². The molecule has 52 valence electrons. The Balaban J connectivity index is 0.000000236. The van der Waals surface area contributed by atoms with Crippen LogP contribution < -0.4 is 0 Å². The van der Waals surface area contributed by atoms with Crippen LogP contribution in [-0.2, 0) is 0 Å². The molecule has 0 saturated heterocycles. The fraction of sp³-hybridized carbons (Fsp3) is 0.250. The van der Waals surface area contributed by atoms with Crippen LogP contribution in [0.4, 0.5) is 0 Å². The van der Waals surface area contributed by atoms with Gasteiger partial charge in [0.05, 0.1) is 6.07 Å². The summed E-state index contributed by atoms with van der Waals surface area (Å²) in [5.74, 6) is 0. The summed E-state index contributed by atoms with van der Waals surface area (Å²) in [4.78, 5) is 0. The molecule has 0 aliphatic heterocycles. The monoisotopic (exact) mass is 134 g/mol. The summed E-state index contributed by atoms with van der Waals surface area (Å²) in [6.07, 6.45) is 8.42. The van der Waals surface area contributed by atoms with Crippen LogP contribution in [0.1, 0.15) is 13.3 Å². The fourth-order valence-corrected chi connectivity index (χ4v) is 0.513. The zero-order valence-corrected chi connectivity index (χ0v) is 5.96. The first kappa shape index (κ1) is 8.64. The Morgan fingerprint density at radius 3 is 2.40 bits per heavy atom. The number of hydrogen-bond acceptors (Lipinski definition) is 2. The summed E-state index contributed by atoms with van der Waals surface area (Å²) in [6.45, 7) is 1.43. The lowest BCUT2D eigenvalue weighted by molar-refractivity contribution is 1.37. The number of rotatable bonds is 0. The van der Waals surface area contributed by atoms with Crippen molar-refractivity contribution in [2.45, 2.75) is 13.3 Å². The molecule has 0 aromatic rings. The predicted molar refractivity (Wildman–Crippen MR) is 41.9 cm³/mol. The maximum atomic E-state index is 7.32. The zero-order valence-electron chi connectivity index (χ0n) is 5.96. The van der Waals surface area contributed by atoms with Crippen molar-refractivity contribution in [2.24, 2.45) is 0 Å². The maximum absolute atomic E-state index is 7.32. The largest absolute Gasteiger partial charge is 0.305 e. The second-order valence-electron chi connectivity index (χ2n) is 1.74.